The Morgan fingerprint density at radius 2 is 0.531 bits per heavy atom. The van der Waals surface area contributed by atoms with Gasteiger partial charge >= 0.3 is 39.5 Å². The van der Waals surface area contributed by atoms with Gasteiger partial charge in [-0.1, -0.05) is 340 Å². The highest BCUT2D eigenvalue weighted by molar-refractivity contribution is 7.47. The second-order valence-corrected chi connectivity index (χ2v) is 30.3. The van der Waals surface area contributed by atoms with Gasteiger partial charge in [-0.15, -0.1) is 0 Å². The summed E-state index contributed by atoms with van der Waals surface area (Å²) in [5.41, 5.74) is 0. The van der Waals surface area contributed by atoms with Crippen molar-refractivity contribution >= 4 is 39.5 Å². The van der Waals surface area contributed by atoms with Crippen LogP contribution in [0.4, 0.5) is 0 Å². The Morgan fingerprint density at radius 3 is 0.816 bits per heavy atom. The molecular weight excluding hydrogens is 1280 g/mol. The van der Waals surface area contributed by atoms with E-state index in [1.807, 2.05) is 0 Å². The molecule has 5 unspecified atom stereocenters. The second-order valence-electron chi connectivity index (χ2n) is 27.4. The van der Waals surface area contributed by atoms with Gasteiger partial charge in [0.2, 0.25) is 0 Å². The Morgan fingerprint density at radius 1 is 0.296 bits per heavy atom. The summed E-state index contributed by atoms with van der Waals surface area (Å²) in [4.78, 5) is 72.9. The lowest BCUT2D eigenvalue weighted by molar-refractivity contribution is -0.161. The van der Waals surface area contributed by atoms with Crippen molar-refractivity contribution in [3.05, 3.63) is 36.5 Å². The molecule has 576 valence electrons. The Hall–Kier alpha value is -2.72. The van der Waals surface area contributed by atoms with Crippen molar-refractivity contribution in [2.24, 2.45) is 0 Å². The van der Waals surface area contributed by atoms with Crippen molar-refractivity contribution < 1.29 is 80.2 Å². The number of rotatable bonds is 77. The fraction of sp³-hybridized carbons (Fsp3) is 0.873. The number of hydrogen-bond acceptors (Lipinski definition) is 15. The highest BCUT2D eigenvalue weighted by atomic mass is 31.2. The van der Waals surface area contributed by atoms with Crippen LogP contribution in [0.5, 0.6) is 0 Å². The zero-order valence-corrected chi connectivity index (χ0v) is 64.8. The third-order valence-corrected chi connectivity index (χ3v) is 19.6. The van der Waals surface area contributed by atoms with E-state index in [4.69, 9.17) is 37.0 Å². The summed E-state index contributed by atoms with van der Waals surface area (Å²) in [7, 11) is -9.93. The largest absolute Gasteiger partial charge is 0.472 e. The first-order valence-electron chi connectivity index (χ1n) is 40.2. The molecule has 0 aromatic heterocycles. The molecule has 5 atom stereocenters. The maximum atomic E-state index is 13.1. The zero-order valence-electron chi connectivity index (χ0n) is 63.0. The van der Waals surface area contributed by atoms with Crippen molar-refractivity contribution in [1.29, 1.82) is 0 Å². The maximum absolute atomic E-state index is 13.1. The van der Waals surface area contributed by atoms with Gasteiger partial charge in [0.25, 0.3) is 0 Å². The number of aliphatic hydroxyl groups is 1. The Labute approximate surface area is 598 Å². The molecule has 0 bridgehead atoms. The van der Waals surface area contributed by atoms with E-state index < -0.39 is 97.5 Å². The number of carbonyl (C=O) groups excluding carboxylic acids is 4. The average Bonchev–Trinajstić information content (AvgIpc) is 0.969. The molecule has 0 aromatic carbocycles. The van der Waals surface area contributed by atoms with Crippen LogP contribution in [-0.4, -0.2) is 96.7 Å². The summed E-state index contributed by atoms with van der Waals surface area (Å²) in [6.45, 7) is 4.86. The fourth-order valence-electron chi connectivity index (χ4n) is 11.5. The van der Waals surface area contributed by atoms with Crippen LogP contribution < -0.4 is 0 Å². The quantitative estimate of drug-likeness (QED) is 0.0169. The molecule has 0 spiro atoms. The van der Waals surface area contributed by atoms with Crippen molar-refractivity contribution in [3.8, 4) is 0 Å². The molecule has 0 rings (SSSR count). The third kappa shape index (κ3) is 71.7. The van der Waals surface area contributed by atoms with Crippen LogP contribution in [0.15, 0.2) is 36.5 Å². The molecule has 98 heavy (non-hydrogen) atoms. The minimum absolute atomic E-state index is 0.101. The lowest BCUT2D eigenvalue weighted by atomic mass is 10.0. The molecule has 0 aliphatic rings. The molecule has 0 aromatic rings. The van der Waals surface area contributed by atoms with Gasteiger partial charge in [0.1, 0.15) is 19.3 Å². The van der Waals surface area contributed by atoms with E-state index in [9.17, 15) is 43.2 Å². The van der Waals surface area contributed by atoms with Crippen LogP contribution in [0, 0.1) is 0 Å². The van der Waals surface area contributed by atoms with Gasteiger partial charge in [-0.25, -0.2) is 9.13 Å². The predicted molar refractivity (Wildman–Crippen MR) is 400 cm³/mol. The minimum Gasteiger partial charge on any atom is -0.462 e. The van der Waals surface area contributed by atoms with Gasteiger partial charge in [0.15, 0.2) is 12.2 Å². The van der Waals surface area contributed by atoms with E-state index in [-0.39, 0.29) is 25.7 Å². The Bertz CT molecular complexity index is 2000. The Kier molecular flexibility index (Phi) is 70.6. The molecule has 0 amide bonds. The first kappa shape index (κ1) is 95.3. The smallest absolute Gasteiger partial charge is 0.462 e. The van der Waals surface area contributed by atoms with Gasteiger partial charge < -0.3 is 33.8 Å². The normalized spacial score (nSPS) is 14.1. The molecule has 0 saturated heterocycles. The van der Waals surface area contributed by atoms with Crippen LogP contribution in [0.2, 0.25) is 0 Å². The zero-order chi connectivity index (χ0) is 71.8. The topological polar surface area (TPSA) is 237 Å². The highest BCUT2D eigenvalue weighted by Crippen LogP contribution is 2.45. The summed E-state index contributed by atoms with van der Waals surface area (Å²) < 4.78 is 68.6. The average molecular weight is 1430 g/mol. The van der Waals surface area contributed by atoms with Gasteiger partial charge in [-0.3, -0.25) is 37.3 Å². The Balaban J connectivity index is 5.28. The van der Waals surface area contributed by atoms with E-state index in [1.54, 1.807) is 0 Å². The van der Waals surface area contributed by atoms with E-state index in [0.29, 0.717) is 25.7 Å². The van der Waals surface area contributed by atoms with Crippen LogP contribution in [-0.2, 0) is 65.4 Å². The number of aliphatic hydroxyl groups excluding tert-OH is 1. The summed E-state index contributed by atoms with van der Waals surface area (Å²) in [5.74, 6) is -2.13. The van der Waals surface area contributed by atoms with Gasteiger partial charge in [-0.05, 0) is 57.8 Å². The third-order valence-electron chi connectivity index (χ3n) is 17.6. The van der Waals surface area contributed by atoms with Gasteiger partial charge in [-0.2, -0.15) is 0 Å². The molecule has 0 saturated carbocycles. The minimum atomic E-state index is -4.96. The van der Waals surface area contributed by atoms with Gasteiger partial charge in [0.05, 0.1) is 26.4 Å². The lowest BCUT2D eigenvalue weighted by Crippen LogP contribution is -2.30. The molecule has 19 heteroatoms. The number of phosphoric ester groups is 2. The molecule has 0 fully saturated rings. The van der Waals surface area contributed by atoms with E-state index in [2.05, 4.69) is 64.2 Å². The number of allylic oxidation sites excluding steroid dienone is 6. The molecule has 0 aliphatic carbocycles. The summed E-state index contributed by atoms with van der Waals surface area (Å²) in [5, 5.41) is 10.6. The van der Waals surface area contributed by atoms with E-state index in [0.717, 1.165) is 135 Å². The molecule has 3 N–H and O–H groups in total. The molecular formula is C79H148O17P2. The number of unbranched alkanes of at least 4 members (excludes halogenated alkanes) is 45. The number of carbonyl (C=O) groups is 4. The number of phosphoric acid groups is 2. The van der Waals surface area contributed by atoms with E-state index in [1.165, 1.54) is 173 Å². The summed E-state index contributed by atoms with van der Waals surface area (Å²) in [6.07, 6.45) is 68.3. The van der Waals surface area contributed by atoms with Gasteiger partial charge in [0, 0.05) is 25.7 Å². The van der Waals surface area contributed by atoms with Crippen molar-refractivity contribution in [2.45, 2.75) is 406 Å². The van der Waals surface area contributed by atoms with E-state index >= 15 is 0 Å². The molecule has 0 aliphatic heterocycles. The van der Waals surface area contributed by atoms with Crippen LogP contribution in [0.25, 0.3) is 0 Å². The summed E-state index contributed by atoms with van der Waals surface area (Å²) >= 11 is 0. The SMILES string of the molecule is CC/C=C\C/C=C\C/C=C\CCCCCCCCCC(=O)OCC(COP(=O)(O)OCC(O)COP(=O)(O)OCC(COC(=O)CCCCCCCCCCCCCCCCC)OC(=O)CCCCCCCCCCCCCCC)OC(=O)CCCCCCCCCCCCCCC. The summed E-state index contributed by atoms with van der Waals surface area (Å²) in [6, 6.07) is 0. The standard InChI is InChI=1S/C79H148O17P2/c1-5-9-13-17-21-25-29-33-35-36-38-42-44-48-52-56-60-64-77(82)90-70-75(96-79(84)66-62-58-54-50-46-40-32-28-24-20-16-12-8-4)72-94-98(87,88)92-68-73(80)67-91-97(85,86)93-71-74(95-78(83)65-61-57-53-49-45-39-31-27-23-19-15-11-7-3)69-89-76(81)63-59-55-51-47-43-41-37-34-30-26-22-18-14-10-6-2/h9,13,21,25,33,35,73-75,80H,5-8,10-12,14-20,22-24,26-32,34,36-72H2,1-4H3,(H,85,86)(H,87,88)/b13-9-,25-21-,35-33-. The fourth-order valence-corrected chi connectivity index (χ4v) is 13.1. The second kappa shape index (κ2) is 72.6. The first-order valence-corrected chi connectivity index (χ1v) is 43.2. The molecule has 17 nitrogen and oxygen atoms in total. The lowest BCUT2D eigenvalue weighted by Gasteiger charge is -2.21. The van der Waals surface area contributed by atoms with Crippen LogP contribution in [0.1, 0.15) is 387 Å². The maximum Gasteiger partial charge on any atom is 0.472 e. The first-order chi connectivity index (χ1) is 47.7. The molecule has 0 heterocycles. The number of esters is 4. The van der Waals surface area contributed by atoms with Crippen LogP contribution in [0.3, 0.4) is 0 Å². The number of ether oxygens (including phenoxy) is 4. The van der Waals surface area contributed by atoms with Crippen molar-refractivity contribution in [3.63, 3.8) is 0 Å². The predicted octanol–water partition coefficient (Wildman–Crippen LogP) is 23.1. The highest BCUT2D eigenvalue weighted by Gasteiger charge is 2.30. The molecule has 0 radical (unpaired) electrons. The monoisotopic (exact) mass is 1430 g/mol. The van der Waals surface area contributed by atoms with Crippen molar-refractivity contribution in [2.75, 3.05) is 39.6 Å². The van der Waals surface area contributed by atoms with Crippen LogP contribution >= 0.6 is 15.6 Å². The number of hydrogen-bond donors (Lipinski definition) is 3. The van der Waals surface area contributed by atoms with Crippen molar-refractivity contribution in [1.82, 2.24) is 0 Å².